The van der Waals surface area contributed by atoms with E-state index in [1.54, 1.807) is 0 Å². The second-order valence-electron chi connectivity index (χ2n) is 1.01. The minimum Gasteiger partial charge on any atom is -0.214 e. The number of rotatable bonds is 0. The molecule has 1 rings (SSSR count). The number of hydrogen-bond acceptors (Lipinski definition) is 0. The molecule has 0 unspecified atom stereocenters. The molecule has 0 aliphatic rings. The molecular weight excluding hydrogens is 412 g/mol. The Morgan fingerprint density at radius 3 is 1.62 bits per heavy atom. The number of halogens is 2. The van der Waals surface area contributed by atoms with Gasteiger partial charge in [0.05, 0.1) is 0 Å². The van der Waals surface area contributed by atoms with Crippen LogP contribution in [0.25, 0.3) is 0 Å². The van der Waals surface area contributed by atoms with Gasteiger partial charge in [0.1, 0.15) is 0 Å². The molecule has 0 amide bonds. The molecule has 0 bridgehead atoms. The monoisotopic (exact) mass is 416 g/mol. The zero-order valence-electron chi connectivity index (χ0n) is 3.98. The largest absolute Gasteiger partial charge is 0.214 e. The van der Waals surface area contributed by atoms with Crippen LogP contribution in [0.5, 0.6) is 0 Å². The van der Waals surface area contributed by atoms with Gasteiger partial charge in [0.15, 0.2) is 0 Å². The van der Waals surface area contributed by atoms with Gasteiger partial charge in [0.2, 0.25) is 0 Å². The molecule has 48 valence electrons. The van der Waals surface area contributed by atoms with Crippen molar-refractivity contribution in [2.75, 3.05) is 0 Å². The van der Waals surface area contributed by atoms with Crippen molar-refractivity contribution in [3.63, 3.8) is 0 Å². The molecule has 8 heavy (non-hydrogen) atoms. The van der Waals surface area contributed by atoms with E-state index in [4.69, 9.17) is 0 Å². The Labute approximate surface area is 70.5 Å². The molecular formula is C5H5Br2Ir. The summed E-state index contributed by atoms with van der Waals surface area (Å²) in [4.78, 5) is 0. The molecule has 0 N–H and O–H groups in total. The molecule has 0 spiro atoms. The van der Waals surface area contributed by atoms with Gasteiger partial charge in [-0.25, -0.2) is 12.1 Å². The van der Waals surface area contributed by atoms with Gasteiger partial charge < -0.3 is 0 Å². The first-order valence-corrected chi connectivity index (χ1v) is 12.4. The van der Waals surface area contributed by atoms with Gasteiger partial charge in [-0.15, -0.1) is 0 Å². The normalized spacial score (nSPS) is 7.75. The Kier molecular flexibility index (Phi) is 8.91. The van der Waals surface area contributed by atoms with E-state index in [2.05, 4.69) is 27.0 Å². The van der Waals surface area contributed by atoms with E-state index < -0.39 is 0 Å². The van der Waals surface area contributed by atoms with Crippen LogP contribution in [0.4, 0.5) is 0 Å². The van der Waals surface area contributed by atoms with E-state index in [1.807, 2.05) is 30.3 Å². The summed E-state index contributed by atoms with van der Waals surface area (Å²) >= 11 is 6.50. The van der Waals surface area contributed by atoms with Crippen LogP contribution in [0.3, 0.4) is 0 Å². The van der Waals surface area contributed by atoms with Crippen LogP contribution in [0.15, 0.2) is 30.3 Å². The molecule has 0 heterocycles. The maximum absolute atomic E-state index is 3.19. The van der Waals surface area contributed by atoms with Crippen LogP contribution in [0.2, 0.25) is 0 Å². The fourth-order valence-corrected chi connectivity index (χ4v) is 0.321. The third-order valence-electron chi connectivity index (χ3n) is 0.556. The zero-order valence-corrected chi connectivity index (χ0v) is 9.54. The summed E-state index contributed by atoms with van der Waals surface area (Å²) < 4.78 is 0. The molecule has 1 aromatic carbocycles. The van der Waals surface area contributed by atoms with Crippen LogP contribution in [0, 0.1) is 0 Å². The Balaban J connectivity index is 0.000000145. The second-order valence-corrected chi connectivity index (χ2v) is 11.5. The minimum atomic E-state index is 0.125. The first kappa shape index (κ1) is 8.96. The number of hydrogen-bond donors (Lipinski definition) is 0. The Morgan fingerprint density at radius 1 is 1.12 bits per heavy atom. The van der Waals surface area contributed by atoms with Gasteiger partial charge >= 0.3 is 40.7 Å². The summed E-state index contributed by atoms with van der Waals surface area (Å²) in [6.07, 6.45) is 0. The van der Waals surface area contributed by atoms with Crippen LogP contribution < -0.4 is 0 Å². The Morgan fingerprint density at radius 2 is 1.50 bits per heavy atom. The molecule has 0 saturated carbocycles. The molecule has 0 aliphatic carbocycles. The van der Waals surface area contributed by atoms with Crippen molar-refractivity contribution in [3.05, 3.63) is 30.3 Å². The maximum Gasteiger partial charge on any atom is -0.172 e. The van der Waals surface area contributed by atoms with Crippen LogP contribution in [-0.2, 0) is 13.7 Å². The Bertz CT molecular complexity index is 77.3. The van der Waals surface area contributed by atoms with E-state index >= 15 is 0 Å². The van der Waals surface area contributed by atoms with Crippen molar-refractivity contribution in [2.24, 2.45) is 0 Å². The molecule has 0 saturated heterocycles. The summed E-state index contributed by atoms with van der Waals surface area (Å²) in [6, 6.07) is 10.0. The van der Waals surface area contributed by atoms with Crippen LogP contribution >= 0.6 is 27.0 Å². The molecule has 1 aromatic rings. The van der Waals surface area contributed by atoms with Gasteiger partial charge in [-0.2, -0.15) is 18.2 Å². The molecule has 0 aromatic heterocycles. The predicted octanol–water partition coefficient (Wildman–Crippen LogP) is 3.09. The molecule has 0 aliphatic heterocycles. The summed E-state index contributed by atoms with van der Waals surface area (Å²) in [5.41, 5.74) is 0. The van der Waals surface area contributed by atoms with E-state index in [-0.39, 0.29) is 13.7 Å². The minimum absolute atomic E-state index is 0.125. The average molecular weight is 417 g/mol. The third kappa shape index (κ3) is 6.96. The van der Waals surface area contributed by atoms with E-state index in [0.717, 1.165) is 0 Å². The summed E-state index contributed by atoms with van der Waals surface area (Å²) in [5, 5.41) is 0. The zero-order chi connectivity index (χ0) is 6.24. The van der Waals surface area contributed by atoms with Crippen molar-refractivity contribution in [3.8, 4) is 0 Å². The first-order chi connectivity index (χ1) is 3.91. The van der Waals surface area contributed by atoms with Crippen molar-refractivity contribution in [2.45, 2.75) is 0 Å². The Hall–Kier alpha value is 0.959. The second kappa shape index (κ2) is 7.96. The topological polar surface area (TPSA) is 0 Å². The first-order valence-electron chi connectivity index (χ1n) is 1.92. The molecule has 3 heteroatoms. The van der Waals surface area contributed by atoms with Crippen LogP contribution in [0.1, 0.15) is 0 Å². The average Bonchev–Trinajstić information content (AvgIpc) is 2.17. The standard InChI is InChI=1S/C5H5.2BrH.Ir/c1-2-4-5-3-1;;;/h1-5H;2*1H;/q-1;;;+3/p-2. The molecule has 0 atom stereocenters. The van der Waals surface area contributed by atoms with Crippen molar-refractivity contribution in [1.82, 2.24) is 0 Å². The van der Waals surface area contributed by atoms with Gasteiger partial charge in [-0.1, -0.05) is 0 Å². The molecule has 0 fully saturated rings. The predicted molar refractivity (Wildman–Crippen MR) is 39.9 cm³/mol. The third-order valence-corrected chi connectivity index (χ3v) is 0.556. The van der Waals surface area contributed by atoms with Crippen molar-refractivity contribution < 1.29 is 13.7 Å². The fourth-order valence-electron chi connectivity index (χ4n) is 0.321. The van der Waals surface area contributed by atoms with Crippen LogP contribution in [-0.4, -0.2) is 0 Å². The van der Waals surface area contributed by atoms with Gasteiger partial charge in [-0.3, -0.25) is 0 Å². The quantitative estimate of drug-likeness (QED) is 0.570. The van der Waals surface area contributed by atoms with Crippen molar-refractivity contribution in [1.29, 1.82) is 0 Å². The van der Waals surface area contributed by atoms with Gasteiger partial charge in [-0.05, 0) is 0 Å². The SMILES string of the molecule is [Br][Ir+][Br].c1cc[cH-]c1. The summed E-state index contributed by atoms with van der Waals surface area (Å²) in [5.74, 6) is 0. The maximum atomic E-state index is 3.19. The molecule has 0 nitrogen and oxygen atoms in total. The van der Waals surface area contributed by atoms with Gasteiger partial charge in [0.25, 0.3) is 0 Å². The summed E-state index contributed by atoms with van der Waals surface area (Å²) in [7, 11) is 0. The smallest absolute Gasteiger partial charge is 0.172 e. The van der Waals surface area contributed by atoms with Crippen molar-refractivity contribution >= 4 is 27.0 Å². The fraction of sp³-hybridized carbons (Fsp3) is 0. The van der Waals surface area contributed by atoms with E-state index in [0.29, 0.717) is 0 Å². The molecule has 0 radical (unpaired) electrons. The van der Waals surface area contributed by atoms with E-state index in [1.165, 1.54) is 0 Å². The summed E-state index contributed by atoms with van der Waals surface area (Å²) in [6.45, 7) is 0. The van der Waals surface area contributed by atoms with E-state index in [9.17, 15) is 0 Å². The van der Waals surface area contributed by atoms with Gasteiger partial charge in [0, 0.05) is 0 Å².